The van der Waals surface area contributed by atoms with Crippen molar-refractivity contribution in [2.24, 2.45) is 0 Å². The zero-order valence-corrected chi connectivity index (χ0v) is 11.2. The molecule has 1 rings (SSSR count). The molecule has 0 aliphatic carbocycles. The fourth-order valence-electron chi connectivity index (χ4n) is 1.79. The SMILES string of the molecule is COCC(C)NC(C)C(O)c1ccc(Cl)cc1. The second kappa shape index (κ2) is 6.97. The van der Waals surface area contributed by atoms with Crippen LogP contribution in [0.25, 0.3) is 0 Å². The van der Waals surface area contributed by atoms with Gasteiger partial charge in [-0.15, -0.1) is 0 Å². The van der Waals surface area contributed by atoms with Crippen LogP contribution in [0.1, 0.15) is 25.5 Å². The molecule has 17 heavy (non-hydrogen) atoms. The molecule has 0 saturated heterocycles. The standard InChI is InChI=1S/C13H20ClNO2/c1-9(8-17-3)15-10(2)13(16)11-4-6-12(14)7-5-11/h4-7,9-10,13,15-16H,8H2,1-3H3. The number of ether oxygens (including phenoxy) is 1. The van der Waals surface area contributed by atoms with Crippen LogP contribution < -0.4 is 5.32 Å². The number of hydrogen-bond acceptors (Lipinski definition) is 3. The Bertz CT molecular complexity index is 329. The molecule has 96 valence electrons. The summed E-state index contributed by atoms with van der Waals surface area (Å²) in [7, 11) is 1.67. The van der Waals surface area contributed by atoms with Crippen LogP contribution in [0.2, 0.25) is 5.02 Å². The lowest BCUT2D eigenvalue weighted by Crippen LogP contribution is -2.40. The van der Waals surface area contributed by atoms with E-state index >= 15 is 0 Å². The molecular weight excluding hydrogens is 238 g/mol. The van der Waals surface area contributed by atoms with Gasteiger partial charge in [0.2, 0.25) is 0 Å². The van der Waals surface area contributed by atoms with Gasteiger partial charge in [-0.05, 0) is 31.5 Å². The van der Waals surface area contributed by atoms with Crippen molar-refractivity contribution in [1.29, 1.82) is 0 Å². The fourth-order valence-corrected chi connectivity index (χ4v) is 1.91. The number of rotatable bonds is 6. The molecule has 0 heterocycles. The first-order chi connectivity index (χ1) is 8.04. The molecule has 0 aromatic heterocycles. The number of aliphatic hydroxyl groups excluding tert-OH is 1. The molecule has 0 spiro atoms. The Morgan fingerprint density at radius 3 is 2.41 bits per heavy atom. The number of hydrogen-bond donors (Lipinski definition) is 2. The molecular formula is C13H20ClNO2. The molecule has 0 bridgehead atoms. The Hall–Kier alpha value is -0.610. The van der Waals surface area contributed by atoms with E-state index in [-0.39, 0.29) is 12.1 Å². The van der Waals surface area contributed by atoms with E-state index in [1.54, 1.807) is 19.2 Å². The highest BCUT2D eigenvalue weighted by atomic mass is 35.5. The smallest absolute Gasteiger partial charge is 0.0940 e. The molecule has 0 radical (unpaired) electrons. The summed E-state index contributed by atoms with van der Waals surface area (Å²) in [5.74, 6) is 0. The van der Waals surface area contributed by atoms with Gasteiger partial charge in [0.15, 0.2) is 0 Å². The van der Waals surface area contributed by atoms with Gasteiger partial charge in [0.05, 0.1) is 12.7 Å². The zero-order valence-electron chi connectivity index (χ0n) is 10.5. The maximum Gasteiger partial charge on any atom is 0.0940 e. The lowest BCUT2D eigenvalue weighted by atomic mass is 10.0. The van der Waals surface area contributed by atoms with Crippen LogP contribution in [0.3, 0.4) is 0 Å². The van der Waals surface area contributed by atoms with Gasteiger partial charge in [0.25, 0.3) is 0 Å². The van der Waals surface area contributed by atoms with Crippen molar-refractivity contribution in [2.45, 2.75) is 32.0 Å². The van der Waals surface area contributed by atoms with Crippen molar-refractivity contribution >= 4 is 11.6 Å². The van der Waals surface area contributed by atoms with E-state index in [1.807, 2.05) is 26.0 Å². The average molecular weight is 258 g/mol. The van der Waals surface area contributed by atoms with Gasteiger partial charge in [-0.1, -0.05) is 23.7 Å². The first kappa shape index (κ1) is 14.5. The molecule has 2 N–H and O–H groups in total. The van der Waals surface area contributed by atoms with Gasteiger partial charge >= 0.3 is 0 Å². The fraction of sp³-hybridized carbons (Fsp3) is 0.538. The van der Waals surface area contributed by atoms with E-state index in [4.69, 9.17) is 16.3 Å². The predicted molar refractivity (Wildman–Crippen MR) is 70.3 cm³/mol. The normalized spacial score (nSPS) is 16.5. The van der Waals surface area contributed by atoms with Crippen LogP contribution in [-0.2, 0) is 4.74 Å². The molecule has 3 unspecified atom stereocenters. The molecule has 0 saturated carbocycles. The van der Waals surface area contributed by atoms with Crippen LogP contribution in [-0.4, -0.2) is 30.9 Å². The van der Waals surface area contributed by atoms with E-state index in [0.29, 0.717) is 11.6 Å². The predicted octanol–water partition coefficient (Wildman–Crippen LogP) is 2.39. The minimum atomic E-state index is -0.549. The molecule has 0 aliphatic heterocycles. The second-order valence-electron chi connectivity index (χ2n) is 4.31. The summed E-state index contributed by atoms with van der Waals surface area (Å²) in [6, 6.07) is 7.41. The van der Waals surface area contributed by atoms with Gasteiger partial charge < -0.3 is 15.2 Å². The Morgan fingerprint density at radius 1 is 1.29 bits per heavy atom. The van der Waals surface area contributed by atoms with Crippen LogP contribution in [0.15, 0.2) is 24.3 Å². The minimum Gasteiger partial charge on any atom is -0.387 e. The van der Waals surface area contributed by atoms with Crippen molar-refractivity contribution < 1.29 is 9.84 Å². The van der Waals surface area contributed by atoms with Crippen molar-refractivity contribution in [2.75, 3.05) is 13.7 Å². The molecule has 0 amide bonds. The second-order valence-corrected chi connectivity index (χ2v) is 4.74. The molecule has 4 heteroatoms. The van der Waals surface area contributed by atoms with Crippen LogP contribution in [0.5, 0.6) is 0 Å². The molecule has 0 fully saturated rings. The number of nitrogens with one attached hydrogen (secondary N) is 1. The maximum absolute atomic E-state index is 10.2. The van der Waals surface area contributed by atoms with Crippen molar-refractivity contribution in [3.63, 3.8) is 0 Å². The monoisotopic (exact) mass is 257 g/mol. The Labute approximate surface area is 108 Å². The van der Waals surface area contributed by atoms with E-state index < -0.39 is 6.10 Å². The quantitative estimate of drug-likeness (QED) is 0.822. The highest BCUT2D eigenvalue weighted by molar-refractivity contribution is 6.30. The van der Waals surface area contributed by atoms with Gasteiger partial charge in [-0.25, -0.2) is 0 Å². The average Bonchev–Trinajstić information content (AvgIpc) is 2.29. The van der Waals surface area contributed by atoms with E-state index in [2.05, 4.69) is 5.32 Å². The summed E-state index contributed by atoms with van der Waals surface area (Å²) in [6.07, 6.45) is -0.549. The maximum atomic E-state index is 10.2. The summed E-state index contributed by atoms with van der Waals surface area (Å²) in [5.41, 5.74) is 0.860. The van der Waals surface area contributed by atoms with Gasteiger partial charge in [0, 0.05) is 24.2 Å². The third kappa shape index (κ3) is 4.64. The molecule has 1 aromatic carbocycles. The van der Waals surface area contributed by atoms with Gasteiger partial charge in [-0.2, -0.15) is 0 Å². The highest BCUT2D eigenvalue weighted by Gasteiger charge is 2.17. The molecule has 1 aromatic rings. The summed E-state index contributed by atoms with van der Waals surface area (Å²) < 4.78 is 5.04. The molecule has 0 aliphatic rings. The number of halogens is 1. The molecule has 3 atom stereocenters. The van der Waals surface area contributed by atoms with E-state index in [1.165, 1.54) is 0 Å². The third-order valence-corrected chi connectivity index (χ3v) is 2.90. The molecule has 3 nitrogen and oxygen atoms in total. The van der Waals surface area contributed by atoms with Gasteiger partial charge in [0.1, 0.15) is 0 Å². The van der Waals surface area contributed by atoms with Crippen molar-refractivity contribution in [3.8, 4) is 0 Å². The topological polar surface area (TPSA) is 41.5 Å². The Morgan fingerprint density at radius 2 is 1.88 bits per heavy atom. The van der Waals surface area contributed by atoms with Crippen LogP contribution >= 0.6 is 11.6 Å². The number of methoxy groups -OCH3 is 1. The van der Waals surface area contributed by atoms with Crippen molar-refractivity contribution in [3.05, 3.63) is 34.9 Å². The highest BCUT2D eigenvalue weighted by Crippen LogP contribution is 2.19. The van der Waals surface area contributed by atoms with Gasteiger partial charge in [-0.3, -0.25) is 0 Å². The van der Waals surface area contributed by atoms with Crippen LogP contribution in [0, 0.1) is 0 Å². The van der Waals surface area contributed by atoms with Crippen LogP contribution in [0.4, 0.5) is 0 Å². The third-order valence-electron chi connectivity index (χ3n) is 2.65. The summed E-state index contributed by atoms with van der Waals surface area (Å²) >= 11 is 5.81. The summed E-state index contributed by atoms with van der Waals surface area (Å²) in [6.45, 7) is 4.59. The number of aliphatic hydroxyl groups is 1. The Kier molecular flexibility index (Phi) is 5.92. The lowest BCUT2D eigenvalue weighted by molar-refractivity contribution is 0.112. The van der Waals surface area contributed by atoms with E-state index in [9.17, 15) is 5.11 Å². The summed E-state index contributed by atoms with van der Waals surface area (Å²) in [4.78, 5) is 0. The lowest BCUT2D eigenvalue weighted by Gasteiger charge is -2.24. The first-order valence-electron chi connectivity index (χ1n) is 5.73. The number of benzene rings is 1. The van der Waals surface area contributed by atoms with Crippen molar-refractivity contribution in [1.82, 2.24) is 5.32 Å². The van der Waals surface area contributed by atoms with E-state index in [0.717, 1.165) is 5.56 Å². The zero-order chi connectivity index (χ0) is 12.8. The summed E-state index contributed by atoms with van der Waals surface area (Å²) in [5, 5.41) is 14.1. The largest absolute Gasteiger partial charge is 0.387 e. The minimum absolute atomic E-state index is 0.0404. The first-order valence-corrected chi connectivity index (χ1v) is 6.11. The Balaban J connectivity index is 2.56.